The highest BCUT2D eigenvalue weighted by Gasteiger charge is 2.35. The molecule has 1 rings (SSSR count). The zero-order chi connectivity index (χ0) is 12.3. The molecule has 1 unspecified atom stereocenters. The van der Waals surface area contributed by atoms with Crippen LogP contribution in [0.25, 0.3) is 0 Å². The van der Waals surface area contributed by atoms with Gasteiger partial charge in [0.25, 0.3) is 0 Å². The highest BCUT2D eigenvalue weighted by molar-refractivity contribution is 6.30. The second kappa shape index (κ2) is 4.85. The Morgan fingerprint density at radius 1 is 1.38 bits per heavy atom. The zero-order valence-electron chi connectivity index (χ0n) is 9.53. The topological polar surface area (TPSA) is 46.5 Å². The molecule has 0 bridgehead atoms. The van der Waals surface area contributed by atoms with Crippen molar-refractivity contribution in [3.8, 4) is 0 Å². The van der Waals surface area contributed by atoms with Crippen molar-refractivity contribution in [1.29, 1.82) is 0 Å². The van der Waals surface area contributed by atoms with Gasteiger partial charge in [0.1, 0.15) is 0 Å². The maximum atomic E-state index is 11.3. The van der Waals surface area contributed by atoms with Gasteiger partial charge in [-0.1, -0.05) is 37.6 Å². The molecule has 1 N–H and O–H groups in total. The summed E-state index contributed by atoms with van der Waals surface area (Å²) >= 11 is 5.78. The molecule has 3 nitrogen and oxygen atoms in total. The third-order valence-electron chi connectivity index (χ3n) is 2.70. The van der Waals surface area contributed by atoms with Crippen LogP contribution in [0.3, 0.4) is 0 Å². The number of methoxy groups -OCH3 is 1. The lowest BCUT2D eigenvalue weighted by molar-refractivity contribution is -0.153. The Balaban J connectivity index is 3.01. The minimum atomic E-state index is -1.20. The van der Waals surface area contributed by atoms with Gasteiger partial charge in [-0.15, -0.1) is 0 Å². The van der Waals surface area contributed by atoms with Gasteiger partial charge in [0.2, 0.25) is 0 Å². The molecular weight excluding hydrogens is 228 g/mol. The largest absolute Gasteiger partial charge is 0.467 e. The van der Waals surface area contributed by atoms with Gasteiger partial charge in [0, 0.05) is 10.4 Å². The Labute approximate surface area is 100.0 Å². The maximum absolute atomic E-state index is 11.3. The number of carbonyl (C=O) groups excluding carboxylic acids is 1. The van der Waals surface area contributed by atoms with E-state index in [1.165, 1.54) is 7.11 Å². The van der Waals surface area contributed by atoms with Crippen molar-refractivity contribution in [2.45, 2.75) is 25.4 Å². The van der Waals surface area contributed by atoms with Crippen molar-refractivity contribution in [3.63, 3.8) is 0 Å². The molecule has 88 valence electrons. The summed E-state index contributed by atoms with van der Waals surface area (Å²) in [4.78, 5) is 11.3. The Morgan fingerprint density at radius 2 is 1.88 bits per heavy atom. The van der Waals surface area contributed by atoms with E-state index in [9.17, 15) is 9.90 Å². The fraction of sp³-hybridized carbons (Fsp3) is 0.417. The van der Waals surface area contributed by atoms with Gasteiger partial charge < -0.3 is 9.84 Å². The fourth-order valence-electron chi connectivity index (χ4n) is 1.44. The lowest BCUT2D eigenvalue weighted by atomic mass is 9.79. The molecule has 0 spiro atoms. The summed E-state index contributed by atoms with van der Waals surface area (Å²) in [6.07, 6.45) is -1.20. The summed E-state index contributed by atoms with van der Waals surface area (Å²) in [5.74, 6) is -0.639. The molecule has 1 aromatic rings. The number of rotatable bonds is 3. The van der Waals surface area contributed by atoms with Gasteiger partial charge in [-0.2, -0.15) is 0 Å². The third kappa shape index (κ3) is 2.54. The van der Waals surface area contributed by atoms with Gasteiger partial charge in [0.15, 0.2) is 6.10 Å². The SMILES string of the molecule is COC(=O)C(O)C(C)(C)c1ccc(Cl)cc1. The maximum Gasteiger partial charge on any atom is 0.335 e. The number of benzene rings is 1. The Bertz CT molecular complexity index is 370. The van der Waals surface area contributed by atoms with Crippen LogP contribution in [0.4, 0.5) is 0 Å². The first-order valence-electron chi connectivity index (χ1n) is 4.91. The van der Waals surface area contributed by atoms with Crippen LogP contribution in [0.15, 0.2) is 24.3 Å². The van der Waals surface area contributed by atoms with E-state index < -0.39 is 17.5 Å². The number of esters is 1. The van der Waals surface area contributed by atoms with Crippen molar-refractivity contribution >= 4 is 17.6 Å². The van der Waals surface area contributed by atoms with Crippen molar-refractivity contribution in [2.75, 3.05) is 7.11 Å². The second-order valence-electron chi connectivity index (χ2n) is 4.15. The minimum Gasteiger partial charge on any atom is -0.467 e. The lowest BCUT2D eigenvalue weighted by Crippen LogP contribution is -2.40. The monoisotopic (exact) mass is 242 g/mol. The summed E-state index contributed by atoms with van der Waals surface area (Å²) in [5, 5.41) is 10.5. The smallest absolute Gasteiger partial charge is 0.335 e. The molecule has 0 fully saturated rings. The van der Waals surface area contributed by atoms with E-state index in [4.69, 9.17) is 11.6 Å². The third-order valence-corrected chi connectivity index (χ3v) is 2.95. The number of ether oxygens (including phenoxy) is 1. The van der Waals surface area contributed by atoms with Crippen LogP contribution in [0.1, 0.15) is 19.4 Å². The average molecular weight is 243 g/mol. The molecule has 0 heterocycles. The van der Waals surface area contributed by atoms with Crippen LogP contribution in [-0.4, -0.2) is 24.3 Å². The molecule has 16 heavy (non-hydrogen) atoms. The van der Waals surface area contributed by atoms with Gasteiger partial charge in [0.05, 0.1) is 7.11 Å². The summed E-state index contributed by atoms with van der Waals surface area (Å²) in [5.41, 5.74) is 0.118. The number of carbonyl (C=O) groups is 1. The van der Waals surface area contributed by atoms with Crippen LogP contribution in [0.5, 0.6) is 0 Å². The predicted molar refractivity (Wildman–Crippen MR) is 62.5 cm³/mol. The molecule has 0 saturated carbocycles. The predicted octanol–water partition coefficient (Wildman–Crippen LogP) is 2.15. The zero-order valence-corrected chi connectivity index (χ0v) is 10.3. The molecule has 0 aliphatic heterocycles. The number of hydrogen-bond donors (Lipinski definition) is 1. The van der Waals surface area contributed by atoms with Gasteiger partial charge >= 0.3 is 5.97 Å². The van der Waals surface area contributed by atoms with E-state index >= 15 is 0 Å². The minimum absolute atomic E-state index is 0.618. The van der Waals surface area contributed by atoms with E-state index in [1.807, 2.05) is 0 Å². The van der Waals surface area contributed by atoms with E-state index in [2.05, 4.69) is 4.74 Å². The number of halogens is 1. The summed E-state index contributed by atoms with van der Waals surface area (Å²) in [7, 11) is 1.25. The summed E-state index contributed by atoms with van der Waals surface area (Å²) < 4.78 is 4.53. The second-order valence-corrected chi connectivity index (χ2v) is 4.59. The first-order chi connectivity index (χ1) is 7.39. The Hall–Kier alpha value is -1.06. The molecular formula is C12H15ClO3. The van der Waals surface area contributed by atoms with Crippen molar-refractivity contribution in [2.24, 2.45) is 0 Å². The van der Waals surface area contributed by atoms with Gasteiger partial charge in [-0.25, -0.2) is 4.79 Å². The van der Waals surface area contributed by atoms with Crippen molar-refractivity contribution in [1.82, 2.24) is 0 Å². The van der Waals surface area contributed by atoms with E-state index in [0.29, 0.717) is 5.02 Å². The molecule has 1 aromatic carbocycles. The number of aliphatic hydroxyl groups excluding tert-OH is 1. The van der Waals surface area contributed by atoms with Gasteiger partial charge in [-0.3, -0.25) is 0 Å². The molecule has 0 saturated heterocycles. The highest BCUT2D eigenvalue weighted by atomic mass is 35.5. The lowest BCUT2D eigenvalue weighted by Gasteiger charge is -2.29. The van der Waals surface area contributed by atoms with E-state index in [0.717, 1.165) is 5.56 Å². The van der Waals surface area contributed by atoms with E-state index in [-0.39, 0.29) is 0 Å². The van der Waals surface area contributed by atoms with Crippen LogP contribution in [0, 0.1) is 0 Å². The first-order valence-corrected chi connectivity index (χ1v) is 5.29. The number of hydrogen-bond acceptors (Lipinski definition) is 3. The summed E-state index contributed by atoms with van der Waals surface area (Å²) in [6.45, 7) is 3.55. The molecule has 0 amide bonds. The van der Waals surface area contributed by atoms with Crippen LogP contribution in [-0.2, 0) is 14.9 Å². The fourth-order valence-corrected chi connectivity index (χ4v) is 1.57. The Morgan fingerprint density at radius 3 is 2.31 bits per heavy atom. The van der Waals surface area contributed by atoms with Crippen molar-refractivity contribution < 1.29 is 14.6 Å². The number of aliphatic hydroxyl groups is 1. The molecule has 0 radical (unpaired) electrons. The van der Waals surface area contributed by atoms with E-state index in [1.54, 1.807) is 38.1 Å². The molecule has 0 aliphatic carbocycles. The average Bonchev–Trinajstić information content (AvgIpc) is 2.27. The quantitative estimate of drug-likeness (QED) is 0.827. The van der Waals surface area contributed by atoms with Crippen LogP contribution in [0.2, 0.25) is 5.02 Å². The van der Waals surface area contributed by atoms with Crippen LogP contribution >= 0.6 is 11.6 Å². The molecule has 4 heteroatoms. The van der Waals surface area contributed by atoms with Gasteiger partial charge in [-0.05, 0) is 17.7 Å². The highest BCUT2D eigenvalue weighted by Crippen LogP contribution is 2.28. The first kappa shape index (κ1) is 13.0. The Kier molecular flexibility index (Phi) is 3.94. The molecule has 0 aromatic heterocycles. The van der Waals surface area contributed by atoms with Crippen LogP contribution < -0.4 is 0 Å². The summed E-state index contributed by atoms with van der Waals surface area (Å²) in [6, 6.07) is 7.02. The standard InChI is InChI=1S/C12H15ClO3/c1-12(2,10(14)11(15)16-3)8-4-6-9(13)7-5-8/h4-7,10,14H,1-3H3. The molecule has 0 aliphatic rings. The van der Waals surface area contributed by atoms with Crippen molar-refractivity contribution in [3.05, 3.63) is 34.9 Å². The molecule has 1 atom stereocenters. The normalized spacial score (nSPS) is 13.3.